The van der Waals surface area contributed by atoms with E-state index in [2.05, 4.69) is 10.6 Å². The quantitative estimate of drug-likeness (QED) is 0.747. The van der Waals surface area contributed by atoms with Gasteiger partial charge in [-0.15, -0.1) is 0 Å². The van der Waals surface area contributed by atoms with Crippen molar-refractivity contribution in [1.82, 2.24) is 20.4 Å². The Balaban J connectivity index is 2.26. The molecule has 7 heteroatoms. The second-order valence-electron chi connectivity index (χ2n) is 5.11. The molecule has 0 saturated carbocycles. The largest absolute Gasteiger partial charge is 0.340 e. The first kappa shape index (κ1) is 16.4. The van der Waals surface area contributed by atoms with Crippen LogP contribution in [0, 0.1) is 0 Å². The summed E-state index contributed by atoms with van der Waals surface area (Å²) in [5.41, 5.74) is 0. The van der Waals surface area contributed by atoms with Crippen molar-refractivity contribution in [2.45, 2.75) is 33.2 Å². The van der Waals surface area contributed by atoms with Crippen LogP contribution in [0.15, 0.2) is 0 Å². The van der Waals surface area contributed by atoms with Crippen molar-refractivity contribution in [2.24, 2.45) is 0 Å². The molecule has 0 aromatic carbocycles. The highest BCUT2D eigenvalue weighted by Crippen LogP contribution is 2.01. The molecule has 20 heavy (non-hydrogen) atoms. The van der Waals surface area contributed by atoms with Crippen molar-refractivity contribution < 1.29 is 14.4 Å². The normalized spacial score (nSPS) is 17.4. The van der Waals surface area contributed by atoms with E-state index in [1.165, 1.54) is 0 Å². The monoisotopic (exact) mass is 284 g/mol. The third kappa shape index (κ3) is 5.56. The molecular weight excluding hydrogens is 260 g/mol. The third-order valence-corrected chi connectivity index (χ3v) is 3.43. The molecule has 1 atom stereocenters. The van der Waals surface area contributed by atoms with E-state index in [0.717, 1.165) is 6.42 Å². The van der Waals surface area contributed by atoms with Gasteiger partial charge in [-0.1, -0.05) is 6.92 Å². The zero-order chi connectivity index (χ0) is 15.1. The lowest BCUT2D eigenvalue weighted by Gasteiger charge is -2.33. The van der Waals surface area contributed by atoms with E-state index in [1.807, 2.05) is 18.7 Å². The highest BCUT2D eigenvalue weighted by Gasteiger charge is 2.21. The lowest BCUT2D eigenvalue weighted by Crippen LogP contribution is -2.52. The van der Waals surface area contributed by atoms with Crippen molar-refractivity contribution in [3.8, 4) is 0 Å². The maximum atomic E-state index is 11.7. The van der Waals surface area contributed by atoms with E-state index in [9.17, 15) is 14.4 Å². The van der Waals surface area contributed by atoms with Gasteiger partial charge >= 0.3 is 6.03 Å². The van der Waals surface area contributed by atoms with Crippen LogP contribution in [0.2, 0.25) is 0 Å². The minimum absolute atomic E-state index is 0.0434. The van der Waals surface area contributed by atoms with Crippen LogP contribution < -0.4 is 10.6 Å². The second-order valence-corrected chi connectivity index (χ2v) is 5.11. The third-order valence-electron chi connectivity index (χ3n) is 3.43. The molecule has 1 rings (SSSR count). The van der Waals surface area contributed by atoms with Crippen molar-refractivity contribution in [1.29, 1.82) is 0 Å². The van der Waals surface area contributed by atoms with Gasteiger partial charge in [0.05, 0.1) is 6.54 Å². The first-order valence-corrected chi connectivity index (χ1v) is 7.00. The molecule has 1 saturated heterocycles. The molecular formula is C13H24N4O3. The molecule has 0 spiro atoms. The van der Waals surface area contributed by atoms with Crippen molar-refractivity contribution in [2.75, 3.05) is 32.7 Å². The molecule has 1 fully saturated rings. The van der Waals surface area contributed by atoms with Crippen LogP contribution in [-0.2, 0) is 9.59 Å². The molecule has 1 heterocycles. The Hall–Kier alpha value is -1.63. The predicted molar refractivity (Wildman–Crippen MR) is 75.1 cm³/mol. The number of nitrogens with one attached hydrogen (secondary N) is 2. The van der Waals surface area contributed by atoms with Gasteiger partial charge in [-0.3, -0.25) is 19.8 Å². The first-order valence-electron chi connectivity index (χ1n) is 7.00. The maximum absolute atomic E-state index is 11.7. The Labute approximate surface area is 119 Å². The molecule has 0 aromatic rings. The summed E-state index contributed by atoms with van der Waals surface area (Å²) in [6.45, 7) is 8.12. The van der Waals surface area contributed by atoms with Gasteiger partial charge in [0.15, 0.2) is 0 Å². The Kier molecular flexibility index (Phi) is 6.44. The average molecular weight is 284 g/mol. The summed E-state index contributed by atoms with van der Waals surface area (Å²) in [4.78, 5) is 38.1. The molecule has 0 bridgehead atoms. The molecule has 0 aliphatic carbocycles. The van der Waals surface area contributed by atoms with Gasteiger partial charge in [-0.25, -0.2) is 4.79 Å². The molecule has 7 nitrogen and oxygen atoms in total. The highest BCUT2D eigenvalue weighted by molar-refractivity contribution is 5.95. The number of rotatable bonds is 4. The summed E-state index contributed by atoms with van der Waals surface area (Å²) < 4.78 is 0. The Morgan fingerprint density at radius 1 is 1.15 bits per heavy atom. The molecule has 2 N–H and O–H groups in total. The van der Waals surface area contributed by atoms with Gasteiger partial charge < -0.3 is 10.2 Å². The summed E-state index contributed by atoms with van der Waals surface area (Å²) in [5, 5.41) is 4.99. The van der Waals surface area contributed by atoms with Crippen LogP contribution >= 0.6 is 0 Å². The minimum Gasteiger partial charge on any atom is -0.340 e. The fourth-order valence-electron chi connectivity index (χ4n) is 1.95. The van der Waals surface area contributed by atoms with E-state index < -0.39 is 6.03 Å². The molecule has 0 radical (unpaired) electrons. The minimum atomic E-state index is -0.452. The lowest BCUT2D eigenvalue weighted by molar-refractivity contribution is -0.130. The van der Waals surface area contributed by atoms with Crippen molar-refractivity contribution >= 4 is 17.8 Å². The average Bonchev–Trinajstić information content (AvgIpc) is 2.38. The molecule has 1 aliphatic rings. The summed E-state index contributed by atoms with van der Waals surface area (Å²) in [5.74, 6) is -0.260. The van der Waals surface area contributed by atoms with Crippen LogP contribution in [0.25, 0.3) is 0 Å². The van der Waals surface area contributed by atoms with Gasteiger partial charge in [0.1, 0.15) is 0 Å². The zero-order valence-corrected chi connectivity index (χ0v) is 12.4. The number of amides is 4. The fourth-order valence-corrected chi connectivity index (χ4v) is 1.95. The van der Waals surface area contributed by atoms with Gasteiger partial charge in [-0.2, -0.15) is 0 Å². The second kappa shape index (κ2) is 7.84. The molecule has 0 aromatic heterocycles. The predicted octanol–water partition coefficient (Wildman–Crippen LogP) is -0.225. The number of carbonyl (C=O) groups excluding carboxylic acids is 3. The van der Waals surface area contributed by atoms with Gasteiger partial charge in [0.2, 0.25) is 11.8 Å². The van der Waals surface area contributed by atoms with E-state index in [4.69, 9.17) is 0 Å². The Morgan fingerprint density at radius 3 is 2.25 bits per heavy atom. The van der Waals surface area contributed by atoms with Crippen LogP contribution in [0.4, 0.5) is 4.79 Å². The number of imide groups is 1. The molecule has 1 aliphatic heterocycles. The first-order chi connectivity index (χ1) is 9.42. The molecule has 0 unspecified atom stereocenters. The van der Waals surface area contributed by atoms with Crippen molar-refractivity contribution in [3.05, 3.63) is 0 Å². The summed E-state index contributed by atoms with van der Waals surface area (Å²) >= 11 is 0. The van der Waals surface area contributed by atoms with E-state index >= 15 is 0 Å². The van der Waals surface area contributed by atoms with Crippen molar-refractivity contribution in [3.63, 3.8) is 0 Å². The Bertz CT molecular complexity index is 365. The Morgan fingerprint density at radius 2 is 1.75 bits per heavy atom. The SMILES string of the molecule is CC[C@H](C)NC(=O)NC(=O)CN1CCN(C(C)=O)CC1. The zero-order valence-electron chi connectivity index (χ0n) is 12.4. The van der Waals surface area contributed by atoms with Gasteiger partial charge in [0, 0.05) is 39.1 Å². The summed E-state index contributed by atoms with van der Waals surface area (Å²) in [6, 6.07) is -0.409. The van der Waals surface area contributed by atoms with Crippen LogP contribution in [0.5, 0.6) is 0 Å². The number of piperazine rings is 1. The standard InChI is InChI=1S/C13H24N4O3/c1-4-10(2)14-13(20)15-12(19)9-16-5-7-17(8-6-16)11(3)18/h10H,4-9H2,1-3H3,(H2,14,15,19,20)/t10-/m0/s1. The van der Waals surface area contributed by atoms with E-state index in [-0.39, 0.29) is 24.4 Å². The maximum Gasteiger partial charge on any atom is 0.321 e. The number of carbonyl (C=O) groups is 3. The molecule has 114 valence electrons. The number of hydrogen-bond donors (Lipinski definition) is 2. The summed E-state index contributed by atoms with van der Waals surface area (Å²) in [7, 11) is 0. The highest BCUT2D eigenvalue weighted by atomic mass is 16.2. The molecule has 4 amide bonds. The van der Waals surface area contributed by atoms with Gasteiger partial charge in [-0.05, 0) is 13.3 Å². The lowest BCUT2D eigenvalue weighted by atomic mass is 10.3. The summed E-state index contributed by atoms with van der Waals surface area (Å²) in [6.07, 6.45) is 0.814. The van der Waals surface area contributed by atoms with E-state index in [1.54, 1.807) is 11.8 Å². The van der Waals surface area contributed by atoms with Crippen LogP contribution in [-0.4, -0.2) is 66.4 Å². The number of urea groups is 1. The number of hydrogen-bond acceptors (Lipinski definition) is 4. The van der Waals surface area contributed by atoms with Crippen LogP contribution in [0.3, 0.4) is 0 Å². The van der Waals surface area contributed by atoms with E-state index in [0.29, 0.717) is 26.2 Å². The fraction of sp³-hybridized carbons (Fsp3) is 0.769. The topological polar surface area (TPSA) is 81.8 Å². The smallest absolute Gasteiger partial charge is 0.321 e. The number of nitrogens with zero attached hydrogens (tertiary/aromatic N) is 2. The van der Waals surface area contributed by atoms with Crippen LogP contribution in [0.1, 0.15) is 27.2 Å². The van der Waals surface area contributed by atoms with Gasteiger partial charge in [0.25, 0.3) is 0 Å².